The minimum Gasteiger partial charge on any atom is -0.508 e. The number of fused-ring (bicyclic) bond motifs is 1. The van der Waals surface area contributed by atoms with Crippen molar-refractivity contribution in [3.8, 4) is 5.75 Å². The molecule has 0 saturated carbocycles. The number of benzene rings is 3. The average Bonchev–Trinajstić information content (AvgIpc) is 3.07. The average molecular weight is 303 g/mol. The van der Waals surface area contributed by atoms with Gasteiger partial charge in [-0.2, -0.15) is 0 Å². The fourth-order valence-corrected chi connectivity index (χ4v) is 3.69. The van der Waals surface area contributed by atoms with Crippen molar-refractivity contribution in [3.05, 3.63) is 77.9 Å². The van der Waals surface area contributed by atoms with Crippen molar-refractivity contribution < 1.29 is 5.11 Å². The van der Waals surface area contributed by atoms with E-state index in [0.717, 1.165) is 30.6 Å². The highest BCUT2D eigenvalue weighted by atomic mass is 16.3. The van der Waals surface area contributed by atoms with Crippen LogP contribution in [0.4, 0.5) is 0 Å². The molecule has 1 aliphatic heterocycles. The summed E-state index contributed by atoms with van der Waals surface area (Å²) in [7, 11) is 0. The molecule has 0 bridgehead atoms. The lowest BCUT2D eigenvalue weighted by Gasteiger charge is -2.18. The van der Waals surface area contributed by atoms with Crippen LogP contribution < -0.4 is 0 Å². The molecule has 0 radical (unpaired) electrons. The summed E-state index contributed by atoms with van der Waals surface area (Å²) < 4.78 is 0. The number of nitrogens with zero attached hydrogens (tertiary/aromatic N) is 1. The Bertz CT molecular complexity index is 812. The summed E-state index contributed by atoms with van der Waals surface area (Å²) >= 11 is 0. The zero-order valence-corrected chi connectivity index (χ0v) is 13.2. The number of aromatic hydroxyl groups is 1. The molecule has 1 fully saturated rings. The summed E-state index contributed by atoms with van der Waals surface area (Å²) in [6.07, 6.45) is 1.19. The van der Waals surface area contributed by atoms with Gasteiger partial charge < -0.3 is 5.11 Å². The van der Waals surface area contributed by atoms with Crippen LogP contribution >= 0.6 is 0 Å². The van der Waals surface area contributed by atoms with Gasteiger partial charge in [-0.05, 0) is 41.3 Å². The van der Waals surface area contributed by atoms with Gasteiger partial charge in [0.1, 0.15) is 5.75 Å². The van der Waals surface area contributed by atoms with Crippen LogP contribution in [0, 0.1) is 0 Å². The third-order valence-electron chi connectivity index (χ3n) is 4.94. The second-order valence-corrected chi connectivity index (χ2v) is 6.42. The molecule has 0 aromatic heterocycles. The van der Waals surface area contributed by atoms with Crippen LogP contribution in [-0.4, -0.2) is 23.1 Å². The van der Waals surface area contributed by atoms with E-state index >= 15 is 0 Å². The normalized spacial score (nSPS) is 18.5. The Morgan fingerprint density at radius 3 is 2.57 bits per heavy atom. The van der Waals surface area contributed by atoms with Gasteiger partial charge in [0.05, 0.1) is 0 Å². The van der Waals surface area contributed by atoms with Gasteiger partial charge in [-0.1, -0.05) is 60.7 Å². The van der Waals surface area contributed by atoms with Gasteiger partial charge in [-0.15, -0.1) is 0 Å². The molecular weight excluding hydrogens is 282 g/mol. The largest absolute Gasteiger partial charge is 0.508 e. The molecule has 116 valence electrons. The first-order valence-electron chi connectivity index (χ1n) is 8.28. The van der Waals surface area contributed by atoms with Crippen molar-refractivity contribution >= 4 is 10.8 Å². The van der Waals surface area contributed by atoms with E-state index in [1.807, 2.05) is 24.3 Å². The van der Waals surface area contributed by atoms with Crippen LogP contribution in [0.3, 0.4) is 0 Å². The molecule has 4 rings (SSSR count). The molecule has 1 saturated heterocycles. The number of hydrogen-bond donors (Lipinski definition) is 1. The van der Waals surface area contributed by atoms with Crippen molar-refractivity contribution in [2.24, 2.45) is 0 Å². The van der Waals surface area contributed by atoms with E-state index in [2.05, 4.69) is 47.4 Å². The molecule has 1 atom stereocenters. The predicted molar refractivity (Wildman–Crippen MR) is 94.7 cm³/mol. The molecule has 3 aromatic rings. The summed E-state index contributed by atoms with van der Waals surface area (Å²) in [5.41, 5.74) is 2.48. The van der Waals surface area contributed by atoms with Crippen LogP contribution in [0.1, 0.15) is 23.5 Å². The van der Waals surface area contributed by atoms with E-state index in [0.29, 0.717) is 11.7 Å². The molecule has 2 heteroatoms. The van der Waals surface area contributed by atoms with Gasteiger partial charge in [-0.25, -0.2) is 0 Å². The summed E-state index contributed by atoms with van der Waals surface area (Å²) in [5.74, 6) is 1.01. The number of hydrogen-bond acceptors (Lipinski definition) is 2. The topological polar surface area (TPSA) is 23.5 Å². The number of rotatable bonds is 3. The zero-order valence-electron chi connectivity index (χ0n) is 13.2. The van der Waals surface area contributed by atoms with E-state index in [9.17, 15) is 5.11 Å². The summed E-state index contributed by atoms with van der Waals surface area (Å²) in [5, 5.41) is 12.7. The van der Waals surface area contributed by atoms with Crippen LogP contribution in [-0.2, 0) is 6.54 Å². The molecule has 1 heterocycles. The smallest absolute Gasteiger partial charge is 0.120 e. The van der Waals surface area contributed by atoms with Crippen LogP contribution in [0.2, 0.25) is 0 Å². The molecule has 23 heavy (non-hydrogen) atoms. The number of likely N-dealkylation sites (tertiary alicyclic amines) is 1. The summed E-state index contributed by atoms with van der Waals surface area (Å²) in [6, 6.07) is 22.9. The molecule has 0 spiro atoms. The van der Waals surface area contributed by atoms with Gasteiger partial charge >= 0.3 is 0 Å². The highest BCUT2D eigenvalue weighted by Gasteiger charge is 2.24. The predicted octanol–water partition coefficient (Wildman–Crippen LogP) is 4.53. The molecule has 0 amide bonds. The second kappa shape index (κ2) is 6.05. The van der Waals surface area contributed by atoms with Crippen LogP contribution in [0.5, 0.6) is 5.75 Å². The quantitative estimate of drug-likeness (QED) is 0.768. The molecule has 1 N–H and O–H groups in total. The Morgan fingerprint density at radius 1 is 0.913 bits per heavy atom. The van der Waals surface area contributed by atoms with Crippen molar-refractivity contribution in [1.29, 1.82) is 0 Å². The Labute approximate surface area is 137 Å². The summed E-state index contributed by atoms with van der Waals surface area (Å²) in [6.45, 7) is 2.96. The minimum absolute atomic E-state index is 0.409. The van der Waals surface area contributed by atoms with E-state index in [-0.39, 0.29) is 0 Å². The van der Waals surface area contributed by atoms with Gasteiger partial charge in [0, 0.05) is 18.7 Å². The lowest BCUT2D eigenvalue weighted by atomic mass is 9.99. The van der Waals surface area contributed by atoms with Gasteiger partial charge in [0.25, 0.3) is 0 Å². The molecule has 0 aliphatic carbocycles. The van der Waals surface area contributed by atoms with Crippen molar-refractivity contribution in [3.63, 3.8) is 0 Å². The zero-order chi connectivity index (χ0) is 15.6. The van der Waals surface area contributed by atoms with E-state index in [1.54, 1.807) is 0 Å². The third-order valence-corrected chi connectivity index (χ3v) is 4.94. The Hall–Kier alpha value is -2.32. The van der Waals surface area contributed by atoms with E-state index in [1.165, 1.54) is 17.4 Å². The number of phenolic OH excluding ortho intramolecular Hbond substituents is 1. The maximum atomic E-state index is 10.3. The first kappa shape index (κ1) is 14.3. The molecule has 2 nitrogen and oxygen atoms in total. The van der Waals surface area contributed by atoms with Crippen molar-refractivity contribution in [1.82, 2.24) is 4.90 Å². The second-order valence-electron chi connectivity index (χ2n) is 6.42. The first-order valence-corrected chi connectivity index (χ1v) is 8.28. The summed E-state index contributed by atoms with van der Waals surface area (Å²) in [4.78, 5) is 2.46. The van der Waals surface area contributed by atoms with Gasteiger partial charge in [0.15, 0.2) is 0 Å². The van der Waals surface area contributed by atoms with Crippen LogP contribution in [0.25, 0.3) is 10.8 Å². The van der Waals surface area contributed by atoms with Crippen molar-refractivity contribution in [2.45, 2.75) is 18.9 Å². The van der Waals surface area contributed by atoms with E-state index in [4.69, 9.17) is 0 Å². The molecule has 1 aliphatic rings. The van der Waals surface area contributed by atoms with E-state index < -0.39 is 0 Å². The highest BCUT2D eigenvalue weighted by Crippen LogP contribution is 2.32. The monoisotopic (exact) mass is 303 g/mol. The standard InChI is InChI=1S/C21H21NO/c23-21-11-10-17-8-4-5-9-19(17)20(21)15-22-13-12-18(14-22)16-6-2-1-3-7-16/h1-11,18,23H,12-15H2. The first-order chi connectivity index (χ1) is 11.3. The Balaban J connectivity index is 1.57. The van der Waals surface area contributed by atoms with Crippen LogP contribution in [0.15, 0.2) is 66.7 Å². The van der Waals surface area contributed by atoms with Crippen molar-refractivity contribution in [2.75, 3.05) is 13.1 Å². The number of phenols is 1. The minimum atomic E-state index is 0.409. The maximum absolute atomic E-state index is 10.3. The molecular formula is C21H21NO. The Morgan fingerprint density at radius 2 is 1.70 bits per heavy atom. The maximum Gasteiger partial charge on any atom is 0.120 e. The Kier molecular flexibility index (Phi) is 3.76. The van der Waals surface area contributed by atoms with Gasteiger partial charge in [-0.3, -0.25) is 4.90 Å². The molecule has 1 unspecified atom stereocenters. The lowest BCUT2D eigenvalue weighted by Crippen LogP contribution is -2.20. The third kappa shape index (κ3) is 2.82. The fourth-order valence-electron chi connectivity index (χ4n) is 3.69. The SMILES string of the molecule is Oc1ccc2ccccc2c1CN1CCC(c2ccccc2)C1. The molecule has 3 aromatic carbocycles. The van der Waals surface area contributed by atoms with Gasteiger partial charge in [0.2, 0.25) is 0 Å². The fraction of sp³-hybridized carbons (Fsp3) is 0.238. The lowest BCUT2D eigenvalue weighted by molar-refractivity contribution is 0.321. The highest BCUT2D eigenvalue weighted by molar-refractivity contribution is 5.87.